The summed E-state index contributed by atoms with van der Waals surface area (Å²) in [5, 5.41) is 21.2. The van der Waals surface area contributed by atoms with Crippen LogP contribution >= 0.6 is 11.6 Å². The number of benzene rings is 2. The Labute approximate surface area is 115 Å². The highest BCUT2D eigenvalue weighted by atomic mass is 35.5. The predicted molar refractivity (Wildman–Crippen MR) is 73.2 cm³/mol. The van der Waals surface area contributed by atoms with Crippen LogP contribution in [0.5, 0.6) is 0 Å². The van der Waals surface area contributed by atoms with Gasteiger partial charge in [-0.2, -0.15) is 0 Å². The van der Waals surface area contributed by atoms with Crippen molar-refractivity contribution in [3.05, 3.63) is 74.8 Å². The second-order valence-corrected chi connectivity index (χ2v) is 4.63. The van der Waals surface area contributed by atoms with Crippen LogP contribution in [0.25, 0.3) is 0 Å². The fraction of sp³-hybridized carbons (Fsp3) is 0.143. The number of hydrogen-bond donors (Lipinski definition) is 1. The quantitative estimate of drug-likeness (QED) is 0.687. The molecule has 1 N–H and O–H groups in total. The van der Waals surface area contributed by atoms with Crippen molar-refractivity contribution >= 4 is 17.3 Å². The van der Waals surface area contributed by atoms with Gasteiger partial charge in [0.15, 0.2) is 0 Å². The molecule has 0 saturated carbocycles. The largest absolute Gasteiger partial charge is 0.388 e. The Morgan fingerprint density at radius 3 is 2.21 bits per heavy atom. The first-order valence-electron chi connectivity index (χ1n) is 5.73. The normalized spacial score (nSPS) is 12.1. The zero-order valence-corrected chi connectivity index (χ0v) is 10.7. The van der Waals surface area contributed by atoms with E-state index >= 15 is 0 Å². The van der Waals surface area contributed by atoms with Gasteiger partial charge < -0.3 is 5.11 Å². The van der Waals surface area contributed by atoms with Crippen molar-refractivity contribution in [1.82, 2.24) is 0 Å². The van der Waals surface area contributed by atoms with Gasteiger partial charge in [-0.25, -0.2) is 0 Å². The molecule has 0 spiro atoms. The van der Waals surface area contributed by atoms with E-state index in [9.17, 15) is 15.2 Å². The van der Waals surface area contributed by atoms with E-state index in [0.29, 0.717) is 11.4 Å². The van der Waals surface area contributed by atoms with E-state index in [2.05, 4.69) is 0 Å². The van der Waals surface area contributed by atoms with E-state index < -0.39 is 11.0 Å². The summed E-state index contributed by atoms with van der Waals surface area (Å²) in [4.78, 5) is 10.1. The minimum atomic E-state index is -0.654. The van der Waals surface area contributed by atoms with E-state index in [1.807, 2.05) is 0 Å². The third kappa shape index (κ3) is 3.53. The topological polar surface area (TPSA) is 63.4 Å². The molecule has 5 heteroatoms. The van der Waals surface area contributed by atoms with Gasteiger partial charge in [0.05, 0.1) is 11.0 Å². The Bertz CT molecular complexity index is 566. The number of nitrogens with zero attached hydrogens (tertiary/aromatic N) is 1. The Morgan fingerprint density at radius 2 is 1.68 bits per heavy atom. The number of nitro benzene ring substituents is 1. The highest BCUT2D eigenvalue weighted by molar-refractivity contribution is 6.30. The van der Waals surface area contributed by atoms with E-state index in [4.69, 9.17) is 11.6 Å². The maximum atomic E-state index is 10.5. The molecule has 0 aliphatic rings. The fourth-order valence-electron chi connectivity index (χ4n) is 1.78. The van der Waals surface area contributed by atoms with Crippen LogP contribution in [0.4, 0.5) is 5.69 Å². The molecule has 1 atom stereocenters. The molecule has 0 aliphatic carbocycles. The van der Waals surface area contributed by atoms with Crippen molar-refractivity contribution in [2.24, 2.45) is 0 Å². The van der Waals surface area contributed by atoms with E-state index in [0.717, 1.165) is 11.1 Å². The van der Waals surface area contributed by atoms with Gasteiger partial charge in [-0.3, -0.25) is 10.1 Å². The monoisotopic (exact) mass is 277 g/mol. The van der Waals surface area contributed by atoms with Crippen LogP contribution in [-0.2, 0) is 6.42 Å². The summed E-state index contributed by atoms with van der Waals surface area (Å²) < 4.78 is 0. The number of halogens is 1. The van der Waals surface area contributed by atoms with E-state index in [1.165, 1.54) is 12.1 Å². The molecule has 0 radical (unpaired) electrons. The molecular weight excluding hydrogens is 266 g/mol. The Morgan fingerprint density at radius 1 is 1.11 bits per heavy atom. The lowest BCUT2D eigenvalue weighted by Crippen LogP contribution is -2.01. The second-order valence-electron chi connectivity index (χ2n) is 4.20. The maximum Gasteiger partial charge on any atom is 0.269 e. The summed E-state index contributed by atoms with van der Waals surface area (Å²) in [5.41, 5.74) is 1.65. The average molecular weight is 278 g/mol. The molecule has 0 fully saturated rings. The summed E-state index contributed by atoms with van der Waals surface area (Å²) in [6, 6.07) is 13.1. The molecule has 0 bridgehead atoms. The third-order valence-corrected chi connectivity index (χ3v) is 3.08. The summed E-state index contributed by atoms with van der Waals surface area (Å²) in [6.45, 7) is 0. The van der Waals surface area contributed by atoms with Crippen LogP contribution in [0.15, 0.2) is 48.5 Å². The molecule has 0 aliphatic heterocycles. The molecule has 0 saturated heterocycles. The lowest BCUT2D eigenvalue weighted by atomic mass is 10.0. The van der Waals surface area contributed by atoms with Crippen LogP contribution in [0, 0.1) is 10.1 Å². The number of nitro groups is 1. The molecular formula is C14H12ClNO3. The molecule has 0 amide bonds. The van der Waals surface area contributed by atoms with Gasteiger partial charge in [-0.1, -0.05) is 35.9 Å². The number of hydrogen-bond acceptors (Lipinski definition) is 3. The van der Waals surface area contributed by atoms with E-state index in [1.54, 1.807) is 36.4 Å². The van der Waals surface area contributed by atoms with Crippen molar-refractivity contribution in [3.63, 3.8) is 0 Å². The molecule has 4 nitrogen and oxygen atoms in total. The zero-order valence-electron chi connectivity index (χ0n) is 9.99. The molecule has 0 heterocycles. The average Bonchev–Trinajstić information content (AvgIpc) is 2.40. The Hall–Kier alpha value is -1.91. The highest BCUT2D eigenvalue weighted by Crippen LogP contribution is 2.21. The van der Waals surface area contributed by atoms with Gasteiger partial charge in [-0.05, 0) is 23.3 Å². The van der Waals surface area contributed by atoms with Crippen molar-refractivity contribution < 1.29 is 10.0 Å². The molecule has 2 aromatic rings. The molecule has 2 aromatic carbocycles. The minimum Gasteiger partial charge on any atom is -0.388 e. The van der Waals surface area contributed by atoms with Crippen LogP contribution in [0.1, 0.15) is 17.2 Å². The van der Waals surface area contributed by atoms with E-state index in [-0.39, 0.29) is 5.69 Å². The zero-order chi connectivity index (χ0) is 13.8. The van der Waals surface area contributed by atoms with Crippen LogP contribution in [-0.4, -0.2) is 10.0 Å². The van der Waals surface area contributed by atoms with Gasteiger partial charge >= 0.3 is 0 Å². The van der Waals surface area contributed by atoms with Gasteiger partial charge in [-0.15, -0.1) is 0 Å². The first-order valence-corrected chi connectivity index (χ1v) is 6.11. The molecule has 0 aromatic heterocycles. The Kier molecular flexibility index (Phi) is 4.14. The molecule has 19 heavy (non-hydrogen) atoms. The summed E-state index contributed by atoms with van der Waals surface area (Å²) >= 11 is 5.78. The van der Waals surface area contributed by atoms with Crippen LogP contribution in [0.2, 0.25) is 5.02 Å². The van der Waals surface area contributed by atoms with Gasteiger partial charge in [0.25, 0.3) is 5.69 Å². The lowest BCUT2D eigenvalue weighted by molar-refractivity contribution is -0.384. The van der Waals surface area contributed by atoms with Crippen molar-refractivity contribution in [3.8, 4) is 0 Å². The number of rotatable bonds is 4. The Balaban J connectivity index is 2.08. The summed E-state index contributed by atoms with van der Waals surface area (Å²) in [5.74, 6) is 0. The fourth-order valence-corrected chi connectivity index (χ4v) is 1.91. The van der Waals surface area contributed by atoms with Gasteiger partial charge in [0.1, 0.15) is 0 Å². The molecule has 2 rings (SSSR count). The van der Waals surface area contributed by atoms with Crippen LogP contribution < -0.4 is 0 Å². The summed E-state index contributed by atoms with van der Waals surface area (Å²) in [6.07, 6.45) is -0.252. The summed E-state index contributed by atoms with van der Waals surface area (Å²) in [7, 11) is 0. The van der Waals surface area contributed by atoms with Gasteiger partial charge in [0.2, 0.25) is 0 Å². The highest BCUT2D eigenvalue weighted by Gasteiger charge is 2.10. The SMILES string of the molecule is O=[N+]([O-])c1ccc(CC(O)c2ccc(Cl)cc2)cc1. The van der Waals surface area contributed by atoms with Crippen molar-refractivity contribution in [2.45, 2.75) is 12.5 Å². The number of aliphatic hydroxyl groups excluding tert-OH is 1. The first kappa shape index (κ1) is 13.5. The number of non-ortho nitro benzene ring substituents is 1. The molecule has 1 unspecified atom stereocenters. The van der Waals surface area contributed by atoms with Crippen molar-refractivity contribution in [2.75, 3.05) is 0 Å². The predicted octanol–water partition coefficient (Wildman–Crippen LogP) is 3.52. The van der Waals surface area contributed by atoms with Gasteiger partial charge in [0, 0.05) is 23.6 Å². The minimum absolute atomic E-state index is 0.0460. The van der Waals surface area contributed by atoms with Crippen molar-refractivity contribution in [1.29, 1.82) is 0 Å². The lowest BCUT2D eigenvalue weighted by Gasteiger charge is -2.11. The number of aliphatic hydroxyl groups is 1. The maximum absolute atomic E-state index is 10.5. The van der Waals surface area contributed by atoms with Crippen LogP contribution in [0.3, 0.4) is 0 Å². The molecule has 98 valence electrons. The third-order valence-electron chi connectivity index (χ3n) is 2.83. The first-order chi connectivity index (χ1) is 9.06. The smallest absolute Gasteiger partial charge is 0.269 e. The second kappa shape index (κ2) is 5.82. The standard InChI is InChI=1S/C14H12ClNO3/c15-12-5-3-11(4-6-12)14(17)9-10-1-7-13(8-2-10)16(18)19/h1-8,14,17H,9H2.